The van der Waals surface area contributed by atoms with Gasteiger partial charge < -0.3 is 10.1 Å². The third kappa shape index (κ3) is 4.83. The molecule has 2 N–H and O–H groups in total. The van der Waals surface area contributed by atoms with Crippen LogP contribution in [0.5, 0.6) is 5.75 Å². The summed E-state index contributed by atoms with van der Waals surface area (Å²) in [6, 6.07) is 13.1. The van der Waals surface area contributed by atoms with Crippen molar-refractivity contribution in [1.29, 1.82) is 0 Å². The predicted octanol–water partition coefficient (Wildman–Crippen LogP) is 3.17. The zero-order valence-corrected chi connectivity index (χ0v) is 15.4. The summed E-state index contributed by atoms with van der Waals surface area (Å²) in [5.41, 5.74) is 0.901. The molecule has 3 rings (SSSR count). The van der Waals surface area contributed by atoms with Crippen molar-refractivity contribution in [2.24, 2.45) is 0 Å². The maximum absolute atomic E-state index is 12.4. The van der Waals surface area contributed by atoms with Gasteiger partial charge in [0.1, 0.15) is 5.75 Å². The largest absolute Gasteiger partial charge is 0.494 e. The molecule has 7 heteroatoms. The van der Waals surface area contributed by atoms with Crippen LogP contribution in [0.15, 0.2) is 53.4 Å². The van der Waals surface area contributed by atoms with Crippen LogP contribution in [0.3, 0.4) is 0 Å². The Morgan fingerprint density at radius 3 is 2.54 bits per heavy atom. The molecule has 1 aliphatic carbocycles. The van der Waals surface area contributed by atoms with Crippen molar-refractivity contribution in [1.82, 2.24) is 4.72 Å². The third-order valence-electron chi connectivity index (χ3n) is 3.89. The fourth-order valence-electron chi connectivity index (χ4n) is 2.36. The molecule has 0 atom stereocenters. The number of hydrogen-bond acceptors (Lipinski definition) is 4. The van der Waals surface area contributed by atoms with Crippen LogP contribution in [-0.4, -0.2) is 27.0 Å². The highest BCUT2D eigenvalue weighted by Crippen LogP contribution is 2.23. The highest BCUT2D eigenvalue weighted by Gasteiger charge is 2.28. The number of sulfonamides is 1. The summed E-state index contributed by atoms with van der Waals surface area (Å²) in [5.74, 6) is 0.402. The van der Waals surface area contributed by atoms with Crippen LogP contribution in [-0.2, 0) is 10.0 Å². The van der Waals surface area contributed by atoms with Crippen LogP contribution in [0.2, 0.25) is 0 Å². The lowest BCUT2D eigenvalue weighted by Gasteiger charge is -2.10. The van der Waals surface area contributed by atoms with E-state index < -0.39 is 10.0 Å². The van der Waals surface area contributed by atoms with Crippen molar-refractivity contribution in [3.63, 3.8) is 0 Å². The molecule has 0 saturated heterocycles. The second-order valence-electron chi connectivity index (χ2n) is 6.25. The topological polar surface area (TPSA) is 84.5 Å². The molecule has 6 nitrogen and oxygen atoms in total. The van der Waals surface area contributed by atoms with Crippen LogP contribution in [0.25, 0.3) is 0 Å². The average molecular weight is 374 g/mol. The zero-order chi connectivity index (χ0) is 18.6. The second-order valence-corrected chi connectivity index (χ2v) is 7.96. The van der Waals surface area contributed by atoms with Crippen LogP contribution in [0.4, 0.5) is 5.69 Å². The Labute approximate surface area is 153 Å². The number of hydrogen-bond donors (Lipinski definition) is 2. The summed E-state index contributed by atoms with van der Waals surface area (Å²) in [4.78, 5) is 12.5. The van der Waals surface area contributed by atoms with E-state index in [1.807, 2.05) is 6.92 Å². The summed E-state index contributed by atoms with van der Waals surface area (Å²) >= 11 is 0. The number of nitrogens with one attached hydrogen (secondary N) is 2. The van der Waals surface area contributed by atoms with Gasteiger partial charge in [-0.3, -0.25) is 4.79 Å². The van der Waals surface area contributed by atoms with E-state index in [1.54, 1.807) is 36.4 Å². The SMILES string of the molecule is CCCOc1ccc(C(=O)Nc2cccc(S(=O)(=O)NC3CC3)c2)cc1. The van der Waals surface area contributed by atoms with Gasteiger partial charge >= 0.3 is 0 Å². The van der Waals surface area contributed by atoms with E-state index in [9.17, 15) is 13.2 Å². The van der Waals surface area contributed by atoms with Gasteiger partial charge in [-0.2, -0.15) is 0 Å². The molecule has 0 heterocycles. The number of carbonyl (C=O) groups is 1. The lowest BCUT2D eigenvalue weighted by atomic mass is 10.2. The van der Waals surface area contributed by atoms with Crippen molar-refractivity contribution in [2.45, 2.75) is 37.1 Å². The van der Waals surface area contributed by atoms with E-state index in [0.29, 0.717) is 23.6 Å². The summed E-state index contributed by atoms with van der Waals surface area (Å²) in [6.45, 7) is 2.65. The Bertz CT molecular complexity index is 875. The standard InChI is InChI=1S/C19H22N2O4S/c1-2-12-25-17-10-6-14(7-11-17)19(22)20-16-4-3-5-18(13-16)26(23,24)21-15-8-9-15/h3-7,10-11,13,15,21H,2,8-9,12H2,1H3,(H,20,22). The molecule has 0 bridgehead atoms. The maximum atomic E-state index is 12.4. The lowest BCUT2D eigenvalue weighted by Crippen LogP contribution is -2.25. The van der Waals surface area contributed by atoms with E-state index in [1.165, 1.54) is 12.1 Å². The molecule has 0 unspecified atom stereocenters. The van der Waals surface area contributed by atoms with Crippen molar-refractivity contribution >= 4 is 21.6 Å². The Hall–Kier alpha value is -2.38. The van der Waals surface area contributed by atoms with Crippen LogP contribution >= 0.6 is 0 Å². The second kappa shape index (κ2) is 7.88. The average Bonchev–Trinajstić information content (AvgIpc) is 3.44. The van der Waals surface area contributed by atoms with Gasteiger partial charge in [-0.25, -0.2) is 13.1 Å². The van der Waals surface area contributed by atoms with E-state index >= 15 is 0 Å². The van der Waals surface area contributed by atoms with E-state index in [-0.39, 0.29) is 16.8 Å². The first-order valence-electron chi connectivity index (χ1n) is 8.64. The fraction of sp³-hybridized carbons (Fsp3) is 0.316. The third-order valence-corrected chi connectivity index (χ3v) is 5.41. The summed E-state index contributed by atoms with van der Waals surface area (Å²) in [6.07, 6.45) is 2.65. The van der Waals surface area contributed by atoms with Crippen molar-refractivity contribution < 1.29 is 17.9 Å². The minimum Gasteiger partial charge on any atom is -0.494 e. The van der Waals surface area contributed by atoms with Gasteiger partial charge in [-0.05, 0) is 61.7 Å². The van der Waals surface area contributed by atoms with Gasteiger partial charge in [0.15, 0.2) is 0 Å². The number of carbonyl (C=O) groups excluding carboxylic acids is 1. The first-order chi connectivity index (χ1) is 12.5. The number of anilines is 1. The molecule has 2 aromatic rings. The smallest absolute Gasteiger partial charge is 0.255 e. The van der Waals surface area contributed by atoms with Crippen molar-refractivity contribution in [3.8, 4) is 5.75 Å². The molecule has 26 heavy (non-hydrogen) atoms. The van der Waals surface area contributed by atoms with E-state index in [4.69, 9.17) is 4.74 Å². The first kappa shape index (κ1) is 18.4. The van der Waals surface area contributed by atoms with Crippen LogP contribution in [0.1, 0.15) is 36.5 Å². The number of benzene rings is 2. The normalized spacial score (nSPS) is 14.0. The molecule has 0 aliphatic heterocycles. The van der Waals surface area contributed by atoms with E-state index in [2.05, 4.69) is 10.0 Å². The number of amides is 1. The zero-order valence-electron chi connectivity index (χ0n) is 14.6. The summed E-state index contributed by atoms with van der Waals surface area (Å²) in [7, 11) is -3.55. The monoisotopic (exact) mass is 374 g/mol. The minimum atomic E-state index is -3.55. The van der Waals surface area contributed by atoms with Crippen molar-refractivity contribution in [2.75, 3.05) is 11.9 Å². The van der Waals surface area contributed by atoms with E-state index in [0.717, 1.165) is 19.3 Å². The highest BCUT2D eigenvalue weighted by atomic mass is 32.2. The van der Waals surface area contributed by atoms with Gasteiger partial charge in [0, 0.05) is 17.3 Å². The molecular weight excluding hydrogens is 352 g/mol. The Morgan fingerprint density at radius 1 is 1.15 bits per heavy atom. The minimum absolute atomic E-state index is 0.0340. The highest BCUT2D eigenvalue weighted by molar-refractivity contribution is 7.89. The molecule has 0 aromatic heterocycles. The number of ether oxygens (including phenoxy) is 1. The Balaban J connectivity index is 1.68. The fourth-order valence-corrected chi connectivity index (χ4v) is 3.71. The van der Waals surface area contributed by atoms with Crippen molar-refractivity contribution in [3.05, 3.63) is 54.1 Å². The molecular formula is C19H22N2O4S. The quantitative estimate of drug-likeness (QED) is 0.743. The maximum Gasteiger partial charge on any atom is 0.255 e. The molecule has 2 aromatic carbocycles. The van der Waals surface area contributed by atoms with Gasteiger partial charge in [-0.15, -0.1) is 0 Å². The predicted molar refractivity (Wildman–Crippen MR) is 100.0 cm³/mol. The molecule has 1 fully saturated rings. The molecule has 1 amide bonds. The molecule has 1 aliphatic rings. The molecule has 0 radical (unpaired) electrons. The molecule has 138 valence electrons. The van der Waals surface area contributed by atoms with Gasteiger partial charge in [0.05, 0.1) is 11.5 Å². The number of rotatable bonds is 8. The Morgan fingerprint density at radius 2 is 1.88 bits per heavy atom. The van der Waals surface area contributed by atoms with Gasteiger partial charge in [-0.1, -0.05) is 13.0 Å². The van der Waals surface area contributed by atoms with Gasteiger partial charge in [0.2, 0.25) is 10.0 Å². The summed E-state index contributed by atoms with van der Waals surface area (Å²) < 4.78 is 32.7. The van der Waals surface area contributed by atoms with Crippen LogP contribution < -0.4 is 14.8 Å². The summed E-state index contributed by atoms with van der Waals surface area (Å²) in [5, 5.41) is 2.73. The first-order valence-corrected chi connectivity index (χ1v) is 10.1. The lowest BCUT2D eigenvalue weighted by molar-refractivity contribution is 0.102. The Kier molecular flexibility index (Phi) is 5.58. The molecule has 1 saturated carbocycles. The van der Waals surface area contributed by atoms with Crippen LogP contribution in [0, 0.1) is 0 Å². The van der Waals surface area contributed by atoms with Gasteiger partial charge in [0.25, 0.3) is 5.91 Å². The molecule has 0 spiro atoms.